The highest BCUT2D eigenvalue weighted by Crippen LogP contribution is 2.32. The van der Waals surface area contributed by atoms with Crippen molar-refractivity contribution in [3.8, 4) is 17.2 Å². The average molecular weight is 523 g/mol. The van der Waals surface area contributed by atoms with Gasteiger partial charge >= 0.3 is 5.97 Å². The second-order valence-corrected chi connectivity index (χ2v) is 9.66. The van der Waals surface area contributed by atoms with Gasteiger partial charge in [0.05, 0.1) is 48.8 Å². The van der Waals surface area contributed by atoms with Gasteiger partial charge in [0.2, 0.25) is 0 Å². The summed E-state index contributed by atoms with van der Waals surface area (Å²) in [5.74, 6) is 1.39. The summed E-state index contributed by atoms with van der Waals surface area (Å²) in [7, 11) is 3.16. The van der Waals surface area contributed by atoms with Crippen molar-refractivity contribution in [1.82, 2.24) is 4.57 Å². The highest BCUT2D eigenvalue weighted by atomic mass is 32.1. The van der Waals surface area contributed by atoms with Crippen LogP contribution >= 0.6 is 11.3 Å². The Balaban J connectivity index is 1.89. The van der Waals surface area contributed by atoms with E-state index in [1.807, 2.05) is 37.3 Å². The molecule has 2 aromatic carbocycles. The van der Waals surface area contributed by atoms with E-state index < -0.39 is 12.0 Å². The van der Waals surface area contributed by atoms with Gasteiger partial charge in [0.25, 0.3) is 5.56 Å². The fraction of sp³-hybridized carbons (Fsp3) is 0.321. The van der Waals surface area contributed by atoms with Crippen LogP contribution in [-0.4, -0.2) is 37.5 Å². The van der Waals surface area contributed by atoms with Crippen molar-refractivity contribution < 1.29 is 23.7 Å². The first kappa shape index (κ1) is 26.2. The van der Waals surface area contributed by atoms with E-state index in [1.165, 1.54) is 11.3 Å². The maximum absolute atomic E-state index is 13.8. The molecule has 0 fully saturated rings. The fourth-order valence-corrected chi connectivity index (χ4v) is 5.21. The minimum absolute atomic E-state index is 0.250. The molecule has 1 aliphatic heterocycles. The van der Waals surface area contributed by atoms with Gasteiger partial charge < -0.3 is 18.9 Å². The SMILES string of the molecule is CCOc1ccc(/C=c2/sc3n(c2=O)[C@@H](c2ccc(OC)cc2)C(C(=O)OC(C)C)=C(C)N=3)cc1OC. The number of benzene rings is 2. The number of hydrogen-bond acceptors (Lipinski definition) is 8. The molecule has 0 saturated heterocycles. The second kappa shape index (κ2) is 11.0. The lowest BCUT2D eigenvalue weighted by atomic mass is 9.96. The molecule has 0 saturated carbocycles. The molecule has 4 rings (SSSR count). The predicted molar refractivity (Wildman–Crippen MR) is 142 cm³/mol. The molecule has 0 N–H and O–H groups in total. The average Bonchev–Trinajstić information content (AvgIpc) is 3.17. The van der Waals surface area contributed by atoms with Crippen LogP contribution in [0, 0.1) is 0 Å². The Morgan fingerprint density at radius 2 is 1.84 bits per heavy atom. The van der Waals surface area contributed by atoms with Crippen LogP contribution < -0.4 is 29.1 Å². The fourth-order valence-electron chi connectivity index (χ4n) is 4.16. The highest BCUT2D eigenvalue weighted by molar-refractivity contribution is 7.07. The molecule has 2 heterocycles. The van der Waals surface area contributed by atoms with Gasteiger partial charge in [-0.05, 0) is 69.2 Å². The Morgan fingerprint density at radius 3 is 2.46 bits per heavy atom. The molecule has 37 heavy (non-hydrogen) atoms. The minimum Gasteiger partial charge on any atom is -0.497 e. The summed E-state index contributed by atoms with van der Waals surface area (Å²) in [4.78, 5) is 32.1. The summed E-state index contributed by atoms with van der Waals surface area (Å²) in [6.07, 6.45) is 1.47. The molecule has 0 aliphatic carbocycles. The summed E-state index contributed by atoms with van der Waals surface area (Å²) < 4.78 is 23.9. The zero-order valence-corrected chi connectivity index (χ0v) is 22.5. The third kappa shape index (κ3) is 5.32. The van der Waals surface area contributed by atoms with Crippen LogP contribution in [0.25, 0.3) is 6.08 Å². The first-order chi connectivity index (χ1) is 17.8. The standard InChI is InChI=1S/C28H30N2O6S/c1-7-35-21-13-8-18(14-22(21)34-6)15-23-26(31)30-25(19-9-11-20(33-5)12-10-19)24(27(32)36-16(2)3)17(4)29-28(30)37-23/h8-16,25H,7H2,1-6H3/b23-15+/t25-/m0/s1. The largest absolute Gasteiger partial charge is 0.497 e. The van der Waals surface area contributed by atoms with Crippen LogP contribution in [0.15, 0.2) is 63.5 Å². The first-order valence-electron chi connectivity index (χ1n) is 12.0. The van der Waals surface area contributed by atoms with Gasteiger partial charge in [-0.25, -0.2) is 9.79 Å². The topological polar surface area (TPSA) is 88.4 Å². The maximum Gasteiger partial charge on any atom is 0.338 e. The predicted octanol–water partition coefficient (Wildman–Crippen LogP) is 3.60. The van der Waals surface area contributed by atoms with Crippen LogP contribution in [0.2, 0.25) is 0 Å². The van der Waals surface area contributed by atoms with Gasteiger partial charge in [-0.2, -0.15) is 0 Å². The second-order valence-electron chi connectivity index (χ2n) is 8.65. The summed E-state index contributed by atoms with van der Waals surface area (Å²) in [6, 6.07) is 12.1. The van der Waals surface area contributed by atoms with Crippen molar-refractivity contribution in [2.45, 2.75) is 39.8 Å². The smallest absolute Gasteiger partial charge is 0.338 e. The van der Waals surface area contributed by atoms with E-state index in [-0.39, 0.29) is 11.7 Å². The summed E-state index contributed by atoms with van der Waals surface area (Å²) in [6.45, 7) is 7.76. The van der Waals surface area contributed by atoms with Gasteiger partial charge in [-0.1, -0.05) is 29.5 Å². The molecule has 1 atom stereocenters. The van der Waals surface area contributed by atoms with Crippen LogP contribution in [0.3, 0.4) is 0 Å². The number of methoxy groups -OCH3 is 2. The van der Waals surface area contributed by atoms with Crippen LogP contribution in [-0.2, 0) is 9.53 Å². The Hall–Kier alpha value is -3.85. The molecule has 0 spiro atoms. The molecule has 9 heteroatoms. The summed E-state index contributed by atoms with van der Waals surface area (Å²) >= 11 is 1.27. The molecular weight excluding hydrogens is 492 g/mol. The Labute approximate surface area is 219 Å². The maximum atomic E-state index is 13.8. The molecule has 1 aromatic heterocycles. The van der Waals surface area contributed by atoms with E-state index in [4.69, 9.17) is 18.9 Å². The zero-order chi connectivity index (χ0) is 26.7. The number of thiazole rings is 1. The van der Waals surface area contributed by atoms with Gasteiger partial charge in [-0.15, -0.1) is 0 Å². The van der Waals surface area contributed by atoms with E-state index in [9.17, 15) is 9.59 Å². The lowest BCUT2D eigenvalue weighted by molar-refractivity contribution is -0.143. The van der Waals surface area contributed by atoms with Crippen molar-refractivity contribution in [2.24, 2.45) is 4.99 Å². The number of allylic oxidation sites excluding steroid dienone is 1. The molecule has 0 radical (unpaired) electrons. The number of aromatic nitrogens is 1. The number of carbonyl (C=O) groups excluding carboxylic acids is 1. The van der Waals surface area contributed by atoms with E-state index >= 15 is 0 Å². The van der Waals surface area contributed by atoms with Gasteiger partial charge in [0, 0.05) is 0 Å². The molecule has 8 nitrogen and oxygen atoms in total. The Bertz CT molecular complexity index is 1520. The molecule has 0 unspecified atom stereocenters. The summed E-state index contributed by atoms with van der Waals surface area (Å²) in [5.41, 5.74) is 2.13. The third-order valence-electron chi connectivity index (χ3n) is 5.80. The Kier molecular flexibility index (Phi) is 7.83. The van der Waals surface area contributed by atoms with E-state index in [0.29, 0.717) is 44.5 Å². The molecule has 0 amide bonds. The minimum atomic E-state index is -0.689. The molecular formula is C28H30N2O6S. The third-order valence-corrected chi connectivity index (χ3v) is 6.78. The quantitative estimate of drug-likeness (QED) is 0.420. The van der Waals surface area contributed by atoms with E-state index in [0.717, 1.165) is 11.1 Å². The van der Waals surface area contributed by atoms with Gasteiger partial charge in [0.1, 0.15) is 5.75 Å². The van der Waals surface area contributed by atoms with Crippen LogP contribution in [0.4, 0.5) is 0 Å². The van der Waals surface area contributed by atoms with Crippen molar-refractivity contribution in [2.75, 3.05) is 20.8 Å². The van der Waals surface area contributed by atoms with Crippen molar-refractivity contribution in [1.29, 1.82) is 0 Å². The first-order valence-corrected chi connectivity index (χ1v) is 12.8. The number of nitrogens with zero attached hydrogens (tertiary/aromatic N) is 2. The number of fused-ring (bicyclic) bond motifs is 1. The monoisotopic (exact) mass is 522 g/mol. The number of carbonyl (C=O) groups is 1. The lowest BCUT2D eigenvalue weighted by Crippen LogP contribution is -2.40. The lowest BCUT2D eigenvalue weighted by Gasteiger charge is -2.25. The number of ether oxygens (including phenoxy) is 4. The zero-order valence-electron chi connectivity index (χ0n) is 21.7. The van der Waals surface area contributed by atoms with E-state index in [1.54, 1.807) is 57.8 Å². The number of esters is 1. The number of hydrogen-bond donors (Lipinski definition) is 0. The van der Waals surface area contributed by atoms with Gasteiger partial charge in [-0.3, -0.25) is 9.36 Å². The van der Waals surface area contributed by atoms with Crippen molar-refractivity contribution in [3.05, 3.63) is 84.5 Å². The van der Waals surface area contributed by atoms with Gasteiger partial charge in [0.15, 0.2) is 16.3 Å². The highest BCUT2D eigenvalue weighted by Gasteiger charge is 2.33. The molecule has 3 aromatic rings. The van der Waals surface area contributed by atoms with Crippen LogP contribution in [0.5, 0.6) is 17.2 Å². The molecule has 1 aliphatic rings. The Morgan fingerprint density at radius 1 is 1.11 bits per heavy atom. The number of rotatable bonds is 8. The van der Waals surface area contributed by atoms with E-state index in [2.05, 4.69) is 4.99 Å². The molecule has 0 bridgehead atoms. The van der Waals surface area contributed by atoms with Crippen molar-refractivity contribution >= 4 is 23.4 Å². The van der Waals surface area contributed by atoms with Crippen LogP contribution in [0.1, 0.15) is 44.9 Å². The molecule has 194 valence electrons. The summed E-state index contributed by atoms with van der Waals surface area (Å²) in [5, 5.41) is 0. The normalized spacial score (nSPS) is 15.3. The van der Waals surface area contributed by atoms with Crippen molar-refractivity contribution in [3.63, 3.8) is 0 Å².